The van der Waals surface area contributed by atoms with Gasteiger partial charge in [0.25, 0.3) is 5.91 Å². The molecule has 1 amide bonds. The van der Waals surface area contributed by atoms with Crippen molar-refractivity contribution in [1.29, 1.82) is 0 Å². The molecule has 0 bridgehead atoms. The number of hydrogen-bond donors (Lipinski definition) is 2. The SMILES string of the molecule is Cc1ccc(C(=O)Nc2cc(-n3ccnc3)cc(C(F)(F)F)c2)cc1Nc1ncccn1. The quantitative estimate of drug-likeness (QED) is 0.459. The average molecular weight is 438 g/mol. The van der Waals surface area contributed by atoms with E-state index in [0.29, 0.717) is 11.6 Å². The molecular formula is C22H17F3N6O. The first-order valence-electron chi connectivity index (χ1n) is 9.46. The molecule has 0 aliphatic heterocycles. The van der Waals surface area contributed by atoms with E-state index in [1.54, 1.807) is 36.7 Å². The summed E-state index contributed by atoms with van der Waals surface area (Å²) in [5.74, 6) is -0.200. The Morgan fingerprint density at radius 1 is 1.03 bits per heavy atom. The lowest BCUT2D eigenvalue weighted by atomic mass is 10.1. The smallest absolute Gasteiger partial charge is 0.324 e. The van der Waals surface area contributed by atoms with Crippen LogP contribution in [0.3, 0.4) is 0 Å². The molecule has 0 unspecified atom stereocenters. The molecule has 0 fully saturated rings. The van der Waals surface area contributed by atoms with Gasteiger partial charge in [-0.3, -0.25) is 4.79 Å². The zero-order valence-corrected chi connectivity index (χ0v) is 16.8. The Balaban J connectivity index is 1.62. The highest BCUT2D eigenvalue weighted by atomic mass is 19.4. The molecule has 162 valence electrons. The lowest BCUT2D eigenvalue weighted by Crippen LogP contribution is -2.14. The number of carbonyl (C=O) groups is 1. The van der Waals surface area contributed by atoms with E-state index in [9.17, 15) is 18.0 Å². The summed E-state index contributed by atoms with van der Waals surface area (Å²) in [6.45, 7) is 1.84. The van der Waals surface area contributed by atoms with Crippen LogP contribution >= 0.6 is 0 Å². The normalized spacial score (nSPS) is 11.2. The molecule has 4 aromatic rings. The zero-order valence-electron chi connectivity index (χ0n) is 16.8. The number of aromatic nitrogens is 4. The van der Waals surface area contributed by atoms with Crippen LogP contribution in [0.25, 0.3) is 5.69 Å². The number of anilines is 3. The molecule has 7 nitrogen and oxygen atoms in total. The van der Waals surface area contributed by atoms with E-state index in [1.165, 1.54) is 29.4 Å². The fraction of sp³-hybridized carbons (Fsp3) is 0.0909. The first-order valence-corrected chi connectivity index (χ1v) is 9.46. The Kier molecular flexibility index (Phi) is 5.59. The Morgan fingerprint density at radius 3 is 2.50 bits per heavy atom. The van der Waals surface area contributed by atoms with E-state index in [1.807, 2.05) is 6.92 Å². The Bertz CT molecular complexity index is 1240. The van der Waals surface area contributed by atoms with Crippen molar-refractivity contribution in [2.45, 2.75) is 13.1 Å². The van der Waals surface area contributed by atoms with E-state index < -0.39 is 17.6 Å². The third-order valence-electron chi connectivity index (χ3n) is 4.62. The summed E-state index contributed by atoms with van der Waals surface area (Å²) in [5, 5.41) is 5.58. The van der Waals surface area contributed by atoms with Gasteiger partial charge in [0.2, 0.25) is 5.95 Å². The van der Waals surface area contributed by atoms with E-state index in [4.69, 9.17) is 0 Å². The molecule has 0 radical (unpaired) electrons. The summed E-state index contributed by atoms with van der Waals surface area (Å²) >= 11 is 0. The molecule has 32 heavy (non-hydrogen) atoms. The molecule has 2 aromatic carbocycles. The van der Waals surface area contributed by atoms with Gasteiger partial charge in [-0.15, -0.1) is 0 Å². The molecule has 0 aliphatic carbocycles. The van der Waals surface area contributed by atoms with Crippen molar-refractivity contribution in [3.63, 3.8) is 0 Å². The van der Waals surface area contributed by atoms with Crippen molar-refractivity contribution >= 4 is 23.2 Å². The highest BCUT2D eigenvalue weighted by Crippen LogP contribution is 2.33. The molecule has 0 aliphatic rings. The van der Waals surface area contributed by atoms with Crippen LogP contribution < -0.4 is 10.6 Å². The van der Waals surface area contributed by atoms with Crippen molar-refractivity contribution < 1.29 is 18.0 Å². The maximum Gasteiger partial charge on any atom is 0.416 e. The summed E-state index contributed by atoms with van der Waals surface area (Å²) in [6.07, 6.45) is 2.93. The van der Waals surface area contributed by atoms with Gasteiger partial charge in [-0.25, -0.2) is 15.0 Å². The number of imidazole rings is 1. The molecule has 2 aromatic heterocycles. The van der Waals surface area contributed by atoms with Gasteiger partial charge in [0.05, 0.1) is 11.9 Å². The zero-order chi connectivity index (χ0) is 22.7. The van der Waals surface area contributed by atoms with E-state index in [-0.39, 0.29) is 16.9 Å². The van der Waals surface area contributed by atoms with Gasteiger partial charge < -0.3 is 15.2 Å². The molecule has 0 saturated carbocycles. The van der Waals surface area contributed by atoms with Crippen molar-refractivity contribution in [3.05, 3.63) is 90.3 Å². The number of benzene rings is 2. The molecular weight excluding hydrogens is 421 g/mol. The van der Waals surface area contributed by atoms with Crippen LogP contribution in [-0.2, 0) is 6.18 Å². The van der Waals surface area contributed by atoms with Gasteiger partial charge in [-0.1, -0.05) is 6.07 Å². The maximum atomic E-state index is 13.4. The van der Waals surface area contributed by atoms with Gasteiger partial charge in [-0.05, 0) is 48.9 Å². The van der Waals surface area contributed by atoms with Gasteiger partial charge >= 0.3 is 6.18 Å². The highest BCUT2D eigenvalue weighted by molar-refractivity contribution is 6.05. The Morgan fingerprint density at radius 2 is 1.81 bits per heavy atom. The Hall–Kier alpha value is -4.21. The molecule has 2 heterocycles. The average Bonchev–Trinajstić information content (AvgIpc) is 3.30. The number of hydrogen-bond acceptors (Lipinski definition) is 5. The number of alkyl halides is 3. The fourth-order valence-corrected chi connectivity index (χ4v) is 2.99. The summed E-state index contributed by atoms with van der Waals surface area (Å²) in [4.78, 5) is 24.9. The molecule has 0 saturated heterocycles. The number of amides is 1. The predicted molar refractivity (Wildman–Crippen MR) is 113 cm³/mol. The third-order valence-corrected chi connectivity index (χ3v) is 4.62. The topological polar surface area (TPSA) is 84.7 Å². The van der Waals surface area contributed by atoms with E-state index in [2.05, 4.69) is 25.6 Å². The second-order valence-electron chi connectivity index (χ2n) is 6.92. The molecule has 10 heteroatoms. The van der Waals surface area contributed by atoms with Gasteiger partial charge in [0.1, 0.15) is 0 Å². The monoisotopic (exact) mass is 438 g/mol. The standard InChI is InChI=1S/C22H17F3N6O/c1-14-3-4-15(9-19(14)30-21-27-5-2-6-28-21)20(32)29-17-10-16(22(23,24)25)11-18(12-17)31-8-7-26-13-31/h2-13H,1H3,(H,29,32)(H,27,28,30). The number of nitrogens with one attached hydrogen (secondary N) is 2. The Labute approximate surface area is 181 Å². The second kappa shape index (κ2) is 8.50. The van der Waals surface area contributed by atoms with Crippen LogP contribution in [-0.4, -0.2) is 25.4 Å². The van der Waals surface area contributed by atoms with Crippen LogP contribution in [0.5, 0.6) is 0 Å². The minimum Gasteiger partial charge on any atom is -0.324 e. The number of carbonyl (C=O) groups excluding carboxylic acids is 1. The number of rotatable bonds is 5. The molecule has 4 rings (SSSR count). The van der Waals surface area contributed by atoms with E-state index >= 15 is 0 Å². The molecule has 0 atom stereocenters. The van der Waals surface area contributed by atoms with Crippen LogP contribution in [0.4, 0.5) is 30.5 Å². The largest absolute Gasteiger partial charge is 0.416 e. The first kappa shape index (κ1) is 21.0. The summed E-state index contributed by atoms with van der Waals surface area (Å²) in [5.41, 5.74) is 1.06. The number of aryl methyl sites for hydroxylation is 1. The second-order valence-corrected chi connectivity index (χ2v) is 6.92. The van der Waals surface area contributed by atoms with Crippen LogP contribution in [0.15, 0.2) is 73.6 Å². The maximum absolute atomic E-state index is 13.4. The molecule has 0 spiro atoms. The van der Waals surface area contributed by atoms with Crippen LogP contribution in [0.1, 0.15) is 21.5 Å². The summed E-state index contributed by atoms with van der Waals surface area (Å²) < 4.78 is 41.6. The third kappa shape index (κ3) is 4.75. The lowest BCUT2D eigenvalue weighted by molar-refractivity contribution is -0.137. The minimum absolute atomic E-state index is 0.00926. The van der Waals surface area contributed by atoms with Gasteiger partial charge in [-0.2, -0.15) is 13.2 Å². The van der Waals surface area contributed by atoms with Crippen molar-refractivity contribution in [2.75, 3.05) is 10.6 Å². The van der Waals surface area contributed by atoms with Gasteiger partial charge in [0, 0.05) is 47.4 Å². The fourth-order valence-electron chi connectivity index (χ4n) is 2.99. The summed E-state index contributed by atoms with van der Waals surface area (Å²) in [7, 11) is 0. The van der Waals surface area contributed by atoms with Crippen LogP contribution in [0.2, 0.25) is 0 Å². The number of nitrogens with zero attached hydrogens (tertiary/aromatic N) is 4. The van der Waals surface area contributed by atoms with Crippen LogP contribution in [0, 0.1) is 6.92 Å². The van der Waals surface area contributed by atoms with Crippen molar-refractivity contribution in [1.82, 2.24) is 19.5 Å². The number of halogens is 3. The summed E-state index contributed by atoms with van der Waals surface area (Å²) in [6, 6.07) is 9.91. The molecule has 2 N–H and O–H groups in total. The lowest BCUT2D eigenvalue weighted by Gasteiger charge is -2.14. The minimum atomic E-state index is -4.58. The predicted octanol–water partition coefficient (Wildman–Crippen LogP) is 4.99. The first-order chi connectivity index (χ1) is 15.3. The van der Waals surface area contributed by atoms with Crippen molar-refractivity contribution in [3.8, 4) is 5.69 Å². The van der Waals surface area contributed by atoms with E-state index in [0.717, 1.165) is 17.7 Å². The van der Waals surface area contributed by atoms with Gasteiger partial charge in [0.15, 0.2) is 0 Å². The highest BCUT2D eigenvalue weighted by Gasteiger charge is 2.31. The van der Waals surface area contributed by atoms with Crippen molar-refractivity contribution in [2.24, 2.45) is 0 Å².